The van der Waals surface area contributed by atoms with Crippen molar-refractivity contribution < 1.29 is 23.8 Å². The molecule has 1 aliphatic rings. The van der Waals surface area contributed by atoms with Gasteiger partial charge < -0.3 is 19.5 Å². The second-order valence-electron chi connectivity index (χ2n) is 5.44. The smallest absolute Gasteiger partial charge is 0.248 e. The number of carbonyl (C=O) groups is 1. The van der Waals surface area contributed by atoms with Gasteiger partial charge in [-0.2, -0.15) is 0 Å². The Kier molecular flexibility index (Phi) is 4.80. The molecule has 1 N–H and O–H groups in total. The fourth-order valence-electron chi connectivity index (χ4n) is 2.32. The number of carbonyl (C=O) groups excluding carboxylic acids is 1. The summed E-state index contributed by atoms with van der Waals surface area (Å²) >= 11 is 0. The predicted molar refractivity (Wildman–Crippen MR) is 74.5 cm³/mol. The zero-order chi connectivity index (χ0) is 15.5. The van der Waals surface area contributed by atoms with Gasteiger partial charge in [-0.25, -0.2) is 4.39 Å². The van der Waals surface area contributed by atoms with Crippen molar-refractivity contribution in [1.29, 1.82) is 0 Å². The van der Waals surface area contributed by atoms with Crippen LogP contribution in [0.15, 0.2) is 24.3 Å². The Bertz CT molecular complexity index is 506. The van der Waals surface area contributed by atoms with Crippen molar-refractivity contribution >= 4 is 5.91 Å². The van der Waals surface area contributed by atoms with Crippen LogP contribution in [0.2, 0.25) is 0 Å². The molecule has 1 aliphatic heterocycles. The molecule has 1 amide bonds. The third-order valence-corrected chi connectivity index (χ3v) is 3.66. The number of hydrogen-bond acceptors (Lipinski definition) is 4. The molecular weight excluding hydrogens is 277 g/mol. The monoisotopic (exact) mass is 297 g/mol. The minimum absolute atomic E-state index is 0.00513. The van der Waals surface area contributed by atoms with E-state index in [1.165, 1.54) is 25.3 Å². The number of ether oxygens (including phenoxy) is 2. The van der Waals surface area contributed by atoms with Crippen molar-refractivity contribution in [3.63, 3.8) is 0 Å². The minimum atomic E-state index is -1.07. The van der Waals surface area contributed by atoms with Gasteiger partial charge in [0.05, 0.1) is 6.54 Å². The van der Waals surface area contributed by atoms with Gasteiger partial charge in [0.15, 0.2) is 0 Å². The van der Waals surface area contributed by atoms with Gasteiger partial charge in [0.25, 0.3) is 0 Å². The average Bonchev–Trinajstić information content (AvgIpc) is 2.41. The lowest BCUT2D eigenvalue weighted by Crippen LogP contribution is -2.58. The van der Waals surface area contributed by atoms with E-state index in [0.717, 1.165) is 0 Å². The SMILES string of the molecule is COCC(=O)N1CC[C@@](C)(O)[C@H](Oc2cccc(F)c2)C1. The van der Waals surface area contributed by atoms with Crippen molar-refractivity contribution in [2.24, 2.45) is 0 Å². The molecule has 1 aromatic carbocycles. The summed E-state index contributed by atoms with van der Waals surface area (Å²) in [4.78, 5) is 13.5. The van der Waals surface area contributed by atoms with E-state index in [-0.39, 0.29) is 19.1 Å². The summed E-state index contributed by atoms with van der Waals surface area (Å²) in [5.74, 6) is -0.225. The molecule has 116 valence electrons. The lowest BCUT2D eigenvalue weighted by molar-refractivity contribution is -0.147. The first-order valence-electron chi connectivity index (χ1n) is 6.83. The molecule has 1 aromatic rings. The van der Waals surface area contributed by atoms with Gasteiger partial charge >= 0.3 is 0 Å². The molecule has 1 heterocycles. The summed E-state index contributed by atoms with van der Waals surface area (Å²) < 4.78 is 23.7. The third kappa shape index (κ3) is 3.92. The number of piperidine rings is 1. The van der Waals surface area contributed by atoms with E-state index in [2.05, 4.69) is 0 Å². The summed E-state index contributed by atoms with van der Waals surface area (Å²) in [6.07, 6.45) is -0.225. The minimum Gasteiger partial charge on any atom is -0.485 e. The van der Waals surface area contributed by atoms with Crippen LogP contribution in [0.1, 0.15) is 13.3 Å². The molecule has 6 heteroatoms. The standard InChI is InChI=1S/C15H20FNO4/c1-15(19)6-7-17(14(18)10-20-2)9-13(15)21-12-5-3-4-11(16)8-12/h3-5,8,13,19H,6-7,9-10H2,1-2H3/t13-,15-/m1/s1. The Morgan fingerprint density at radius 1 is 1.57 bits per heavy atom. The quantitative estimate of drug-likeness (QED) is 0.907. The zero-order valence-corrected chi connectivity index (χ0v) is 12.2. The van der Waals surface area contributed by atoms with Crippen LogP contribution in [-0.2, 0) is 9.53 Å². The fourth-order valence-corrected chi connectivity index (χ4v) is 2.32. The molecule has 0 unspecified atom stereocenters. The molecule has 1 fully saturated rings. The van der Waals surface area contributed by atoms with E-state index in [0.29, 0.717) is 18.7 Å². The summed E-state index contributed by atoms with van der Waals surface area (Å²) in [6.45, 7) is 2.34. The van der Waals surface area contributed by atoms with E-state index >= 15 is 0 Å². The van der Waals surface area contributed by atoms with Gasteiger partial charge in [-0.3, -0.25) is 4.79 Å². The molecule has 0 bridgehead atoms. The first-order chi connectivity index (χ1) is 9.92. The lowest BCUT2D eigenvalue weighted by atomic mass is 9.90. The van der Waals surface area contributed by atoms with Crippen molar-refractivity contribution in [1.82, 2.24) is 4.90 Å². The third-order valence-electron chi connectivity index (χ3n) is 3.66. The van der Waals surface area contributed by atoms with Crippen molar-refractivity contribution in [2.45, 2.75) is 25.0 Å². The second kappa shape index (κ2) is 6.41. The molecule has 0 aliphatic carbocycles. The van der Waals surface area contributed by atoms with Gasteiger partial charge in [0, 0.05) is 19.7 Å². The van der Waals surface area contributed by atoms with E-state index in [1.54, 1.807) is 17.9 Å². The summed E-state index contributed by atoms with van der Waals surface area (Å²) in [5.41, 5.74) is -1.07. The number of likely N-dealkylation sites (tertiary alicyclic amines) is 1. The molecule has 0 radical (unpaired) electrons. The largest absolute Gasteiger partial charge is 0.485 e. The summed E-state index contributed by atoms with van der Waals surface area (Å²) in [7, 11) is 1.46. The maximum Gasteiger partial charge on any atom is 0.248 e. The lowest BCUT2D eigenvalue weighted by Gasteiger charge is -2.42. The van der Waals surface area contributed by atoms with Crippen LogP contribution < -0.4 is 4.74 Å². The van der Waals surface area contributed by atoms with E-state index in [9.17, 15) is 14.3 Å². The Morgan fingerprint density at radius 2 is 2.33 bits per heavy atom. The Hall–Kier alpha value is -1.66. The highest BCUT2D eigenvalue weighted by atomic mass is 19.1. The van der Waals surface area contributed by atoms with Gasteiger partial charge in [-0.05, 0) is 25.5 Å². The highest BCUT2D eigenvalue weighted by molar-refractivity contribution is 5.77. The number of hydrogen-bond donors (Lipinski definition) is 1. The first-order valence-corrected chi connectivity index (χ1v) is 6.83. The summed E-state index contributed by atoms with van der Waals surface area (Å²) in [5, 5.41) is 10.4. The molecule has 0 aromatic heterocycles. The fraction of sp³-hybridized carbons (Fsp3) is 0.533. The Labute approximate surface area is 123 Å². The topological polar surface area (TPSA) is 59.0 Å². The van der Waals surface area contributed by atoms with E-state index < -0.39 is 17.5 Å². The molecule has 21 heavy (non-hydrogen) atoms. The maximum atomic E-state index is 13.2. The predicted octanol–water partition coefficient (Wildman–Crippen LogP) is 1.20. The molecule has 0 spiro atoms. The summed E-state index contributed by atoms with van der Waals surface area (Å²) in [6, 6.07) is 5.73. The van der Waals surface area contributed by atoms with Crippen molar-refractivity contribution in [3.05, 3.63) is 30.1 Å². The molecule has 5 nitrogen and oxygen atoms in total. The number of aliphatic hydroxyl groups is 1. The van der Waals surface area contributed by atoms with Crippen LogP contribution in [-0.4, -0.2) is 54.4 Å². The number of nitrogens with zero attached hydrogens (tertiary/aromatic N) is 1. The molecule has 1 saturated heterocycles. The molecule has 2 rings (SSSR count). The van der Waals surface area contributed by atoms with Gasteiger partial charge in [0.2, 0.25) is 5.91 Å². The Morgan fingerprint density at radius 3 is 3.00 bits per heavy atom. The number of rotatable bonds is 4. The number of halogens is 1. The van der Waals surface area contributed by atoms with E-state index in [1.807, 2.05) is 0 Å². The van der Waals surface area contributed by atoms with Crippen molar-refractivity contribution in [3.8, 4) is 5.75 Å². The highest BCUT2D eigenvalue weighted by Crippen LogP contribution is 2.27. The van der Waals surface area contributed by atoms with Crippen molar-refractivity contribution in [2.75, 3.05) is 26.8 Å². The van der Waals surface area contributed by atoms with Gasteiger partial charge in [-0.1, -0.05) is 6.07 Å². The van der Waals surface area contributed by atoms with Crippen LogP contribution in [0, 0.1) is 5.82 Å². The van der Waals surface area contributed by atoms with Gasteiger partial charge in [-0.15, -0.1) is 0 Å². The Balaban J connectivity index is 2.09. The average molecular weight is 297 g/mol. The number of methoxy groups -OCH3 is 1. The van der Waals surface area contributed by atoms with E-state index in [4.69, 9.17) is 9.47 Å². The van der Waals surface area contributed by atoms with Crippen LogP contribution in [0.4, 0.5) is 4.39 Å². The van der Waals surface area contributed by atoms with Crippen LogP contribution in [0.3, 0.4) is 0 Å². The number of benzene rings is 1. The number of amides is 1. The van der Waals surface area contributed by atoms with Crippen LogP contribution in [0.25, 0.3) is 0 Å². The molecular formula is C15H20FNO4. The highest BCUT2D eigenvalue weighted by Gasteiger charge is 2.40. The molecule has 0 saturated carbocycles. The second-order valence-corrected chi connectivity index (χ2v) is 5.44. The van der Waals surface area contributed by atoms with Crippen LogP contribution >= 0.6 is 0 Å². The van der Waals surface area contributed by atoms with Gasteiger partial charge in [0.1, 0.15) is 29.9 Å². The first kappa shape index (κ1) is 15.7. The maximum absolute atomic E-state index is 13.2. The molecule has 2 atom stereocenters. The van der Waals surface area contributed by atoms with Crippen LogP contribution in [0.5, 0.6) is 5.75 Å². The zero-order valence-electron chi connectivity index (χ0n) is 12.2. The normalized spacial score (nSPS) is 25.7.